The largest absolute Gasteiger partial charge is 0.493 e. The zero-order chi connectivity index (χ0) is 17.5. The molecule has 0 N–H and O–H groups in total. The van der Waals surface area contributed by atoms with Gasteiger partial charge in [0.05, 0.1) is 25.3 Å². The van der Waals surface area contributed by atoms with Gasteiger partial charge in [0.1, 0.15) is 0 Å². The van der Waals surface area contributed by atoms with Crippen molar-refractivity contribution < 1.29 is 28.5 Å². The molecule has 0 radical (unpaired) electrons. The zero-order valence-electron chi connectivity index (χ0n) is 13.5. The Balaban J connectivity index is 2.07. The molecule has 7 heteroatoms. The number of halogens is 1. The van der Waals surface area contributed by atoms with Gasteiger partial charge in [-0.05, 0) is 30.2 Å². The van der Waals surface area contributed by atoms with Crippen LogP contribution < -0.4 is 9.47 Å². The van der Waals surface area contributed by atoms with Crippen molar-refractivity contribution in [1.29, 1.82) is 0 Å². The van der Waals surface area contributed by atoms with Gasteiger partial charge in [0.2, 0.25) is 6.10 Å². The van der Waals surface area contributed by atoms with Crippen LogP contribution in [-0.4, -0.2) is 38.4 Å². The lowest BCUT2D eigenvalue weighted by Crippen LogP contribution is -2.21. The summed E-state index contributed by atoms with van der Waals surface area (Å²) in [4.78, 5) is 23.0. The molecule has 0 aromatic heterocycles. The summed E-state index contributed by atoms with van der Waals surface area (Å²) in [6.07, 6.45) is 3.15. The molecule has 1 aliphatic heterocycles. The van der Waals surface area contributed by atoms with Crippen LogP contribution in [0.4, 0.5) is 0 Å². The molecule has 0 bridgehead atoms. The van der Waals surface area contributed by atoms with Crippen LogP contribution in [0.15, 0.2) is 18.2 Å². The first-order chi connectivity index (χ1) is 11.5. The van der Waals surface area contributed by atoms with Gasteiger partial charge in [-0.15, -0.1) is 0 Å². The average Bonchev–Trinajstić information content (AvgIpc) is 2.96. The third kappa shape index (κ3) is 4.64. The lowest BCUT2D eigenvalue weighted by Gasteiger charge is -2.12. The maximum absolute atomic E-state index is 11.8. The van der Waals surface area contributed by atoms with E-state index in [1.54, 1.807) is 12.1 Å². The van der Waals surface area contributed by atoms with E-state index in [1.807, 2.05) is 6.92 Å². The van der Waals surface area contributed by atoms with Crippen molar-refractivity contribution in [2.45, 2.75) is 25.9 Å². The van der Waals surface area contributed by atoms with Gasteiger partial charge in [0.15, 0.2) is 11.5 Å². The summed E-state index contributed by atoms with van der Waals surface area (Å²) in [5, 5.41) is 0.384. The standard InChI is InChI=1S/C17H19ClO6/c1-3-7-22-16-12(18)9-11(10-14(16)21-2)4-5-15(19)24-13-6-8-23-17(13)20/h4-5,9-10,13H,3,6-8H2,1-2H3/b5-4+/t13-/m1/s1. The SMILES string of the molecule is CCCOc1c(Cl)cc(/C=C/C(=O)O[C@@H]2CCOC2=O)cc1OC. The van der Waals surface area contributed by atoms with Crippen molar-refractivity contribution in [2.24, 2.45) is 0 Å². The summed E-state index contributed by atoms with van der Waals surface area (Å²) in [6.45, 7) is 2.78. The van der Waals surface area contributed by atoms with Crippen LogP contribution in [0.25, 0.3) is 6.08 Å². The molecule has 0 unspecified atom stereocenters. The van der Waals surface area contributed by atoms with Crippen LogP contribution in [0.2, 0.25) is 5.02 Å². The highest BCUT2D eigenvalue weighted by Crippen LogP contribution is 2.36. The smallest absolute Gasteiger partial charge is 0.347 e. The number of ether oxygens (including phenoxy) is 4. The van der Waals surface area contributed by atoms with Crippen molar-refractivity contribution in [3.05, 3.63) is 28.8 Å². The molecule has 0 amide bonds. The van der Waals surface area contributed by atoms with E-state index in [9.17, 15) is 9.59 Å². The molecule has 1 aliphatic rings. The normalized spacial score (nSPS) is 17.0. The number of carbonyl (C=O) groups excluding carboxylic acids is 2. The van der Waals surface area contributed by atoms with Crippen molar-refractivity contribution in [2.75, 3.05) is 20.3 Å². The van der Waals surface area contributed by atoms with E-state index < -0.39 is 18.0 Å². The summed E-state index contributed by atoms with van der Waals surface area (Å²) in [5.74, 6) is -0.197. The van der Waals surface area contributed by atoms with Gasteiger partial charge in [-0.2, -0.15) is 0 Å². The lowest BCUT2D eigenvalue weighted by molar-refractivity contribution is -0.156. The second-order valence-electron chi connectivity index (χ2n) is 5.10. The number of rotatable bonds is 7. The van der Waals surface area contributed by atoms with Crippen molar-refractivity contribution in [3.63, 3.8) is 0 Å². The number of benzene rings is 1. The van der Waals surface area contributed by atoms with Gasteiger partial charge in [-0.25, -0.2) is 9.59 Å². The second-order valence-corrected chi connectivity index (χ2v) is 5.50. The lowest BCUT2D eigenvalue weighted by atomic mass is 10.2. The fourth-order valence-electron chi connectivity index (χ4n) is 2.11. The molecule has 0 spiro atoms. The highest BCUT2D eigenvalue weighted by molar-refractivity contribution is 6.32. The average molecular weight is 355 g/mol. The summed E-state index contributed by atoms with van der Waals surface area (Å²) in [5.41, 5.74) is 0.645. The molecule has 6 nitrogen and oxygen atoms in total. The maximum Gasteiger partial charge on any atom is 0.347 e. The number of hydrogen-bond donors (Lipinski definition) is 0. The Bertz CT molecular complexity index is 640. The van der Waals surface area contributed by atoms with Gasteiger partial charge in [-0.3, -0.25) is 0 Å². The zero-order valence-corrected chi connectivity index (χ0v) is 14.3. The number of hydrogen-bond acceptors (Lipinski definition) is 6. The number of carbonyl (C=O) groups is 2. The Morgan fingerprint density at radius 3 is 2.88 bits per heavy atom. The highest BCUT2D eigenvalue weighted by atomic mass is 35.5. The predicted molar refractivity (Wildman–Crippen MR) is 88.3 cm³/mol. The fraction of sp³-hybridized carbons (Fsp3) is 0.412. The van der Waals surface area contributed by atoms with Gasteiger partial charge in [-0.1, -0.05) is 18.5 Å². The van der Waals surface area contributed by atoms with Crippen LogP contribution in [-0.2, 0) is 19.1 Å². The van der Waals surface area contributed by atoms with E-state index in [-0.39, 0.29) is 6.61 Å². The Kier molecular flexibility index (Phi) is 6.49. The molecule has 1 saturated heterocycles. The van der Waals surface area contributed by atoms with Crippen LogP contribution in [0.3, 0.4) is 0 Å². The molecule has 0 aliphatic carbocycles. The molecule has 1 fully saturated rings. The molecule has 1 atom stereocenters. The van der Waals surface area contributed by atoms with E-state index in [0.717, 1.165) is 6.42 Å². The van der Waals surface area contributed by atoms with Crippen LogP contribution >= 0.6 is 11.6 Å². The Morgan fingerprint density at radius 1 is 1.46 bits per heavy atom. The van der Waals surface area contributed by atoms with Gasteiger partial charge in [0.25, 0.3) is 0 Å². The third-order valence-corrected chi connectivity index (χ3v) is 3.54. The maximum atomic E-state index is 11.8. The third-order valence-electron chi connectivity index (χ3n) is 3.26. The molecular weight excluding hydrogens is 336 g/mol. The van der Waals surface area contributed by atoms with Gasteiger partial charge in [0, 0.05) is 12.5 Å². The van der Waals surface area contributed by atoms with E-state index in [2.05, 4.69) is 0 Å². The minimum atomic E-state index is -0.829. The predicted octanol–water partition coefficient (Wildman–Crippen LogP) is 3.01. The highest BCUT2D eigenvalue weighted by Gasteiger charge is 2.29. The van der Waals surface area contributed by atoms with E-state index in [1.165, 1.54) is 19.3 Å². The monoisotopic (exact) mass is 354 g/mol. The number of cyclic esters (lactones) is 1. The first kappa shape index (κ1) is 18.1. The topological polar surface area (TPSA) is 71.1 Å². The number of methoxy groups -OCH3 is 1. The minimum absolute atomic E-state index is 0.270. The summed E-state index contributed by atoms with van der Waals surface area (Å²) < 4.78 is 20.6. The Morgan fingerprint density at radius 2 is 2.25 bits per heavy atom. The first-order valence-corrected chi connectivity index (χ1v) is 7.98. The molecule has 24 heavy (non-hydrogen) atoms. The summed E-state index contributed by atoms with van der Waals surface area (Å²) in [6, 6.07) is 3.35. The van der Waals surface area contributed by atoms with E-state index in [4.69, 9.17) is 30.5 Å². The van der Waals surface area contributed by atoms with Gasteiger partial charge < -0.3 is 18.9 Å². The number of esters is 2. The summed E-state index contributed by atoms with van der Waals surface area (Å²) in [7, 11) is 1.51. The van der Waals surface area contributed by atoms with Crippen molar-refractivity contribution in [3.8, 4) is 11.5 Å². The molecule has 130 valence electrons. The van der Waals surface area contributed by atoms with Crippen LogP contribution in [0.5, 0.6) is 11.5 Å². The quantitative estimate of drug-likeness (QED) is 0.553. The molecule has 1 aromatic rings. The minimum Gasteiger partial charge on any atom is -0.493 e. The van der Waals surface area contributed by atoms with Crippen molar-refractivity contribution in [1.82, 2.24) is 0 Å². The van der Waals surface area contributed by atoms with E-state index >= 15 is 0 Å². The van der Waals surface area contributed by atoms with Crippen LogP contribution in [0, 0.1) is 0 Å². The molecule has 1 heterocycles. The van der Waals surface area contributed by atoms with E-state index in [0.29, 0.717) is 35.1 Å². The van der Waals surface area contributed by atoms with Crippen LogP contribution in [0.1, 0.15) is 25.3 Å². The first-order valence-electron chi connectivity index (χ1n) is 7.60. The molecule has 2 rings (SSSR count). The van der Waals surface area contributed by atoms with Gasteiger partial charge >= 0.3 is 11.9 Å². The Labute approximate surface area is 145 Å². The van der Waals surface area contributed by atoms with Crippen molar-refractivity contribution >= 4 is 29.6 Å². The fourth-order valence-corrected chi connectivity index (χ4v) is 2.38. The second kappa shape index (κ2) is 8.59. The molecular formula is C17H19ClO6. The molecule has 1 aromatic carbocycles. The Hall–Kier alpha value is -2.21. The summed E-state index contributed by atoms with van der Waals surface area (Å²) >= 11 is 6.20. The molecule has 0 saturated carbocycles.